The van der Waals surface area contributed by atoms with E-state index in [-0.39, 0.29) is 11.9 Å². The van der Waals surface area contributed by atoms with E-state index in [0.717, 1.165) is 28.7 Å². The van der Waals surface area contributed by atoms with E-state index in [9.17, 15) is 4.79 Å². The molecule has 3 heterocycles. The molecule has 0 saturated carbocycles. The number of carbonyl (C=O) groups is 1. The van der Waals surface area contributed by atoms with Gasteiger partial charge in [-0.25, -0.2) is 4.98 Å². The van der Waals surface area contributed by atoms with Gasteiger partial charge >= 0.3 is 0 Å². The smallest absolute Gasteiger partial charge is 0.265 e. The van der Waals surface area contributed by atoms with Gasteiger partial charge in [-0.15, -0.1) is 16.4 Å². The maximum absolute atomic E-state index is 12.4. The quantitative estimate of drug-likeness (QED) is 0.766. The molecule has 1 atom stereocenters. The van der Waals surface area contributed by atoms with Crippen LogP contribution in [0.25, 0.3) is 0 Å². The summed E-state index contributed by atoms with van der Waals surface area (Å²) >= 11 is 4.35. The molecule has 3 rings (SSSR count). The minimum atomic E-state index is -0.138. The van der Waals surface area contributed by atoms with Gasteiger partial charge < -0.3 is 5.32 Å². The van der Waals surface area contributed by atoms with Crippen LogP contribution in [0, 0.1) is 13.8 Å². The van der Waals surface area contributed by atoms with Crippen molar-refractivity contribution in [1.29, 1.82) is 0 Å². The van der Waals surface area contributed by atoms with Crippen molar-refractivity contribution in [3.8, 4) is 0 Å². The number of thiazole rings is 1. The van der Waals surface area contributed by atoms with Crippen molar-refractivity contribution in [1.82, 2.24) is 19.9 Å². The fourth-order valence-electron chi connectivity index (χ4n) is 2.04. The summed E-state index contributed by atoms with van der Waals surface area (Å²) in [5.74, 6) is -0.138. The molecule has 0 bridgehead atoms. The van der Waals surface area contributed by atoms with Crippen molar-refractivity contribution >= 4 is 40.1 Å². The largest absolute Gasteiger partial charge is 0.342 e. The normalized spacial score (nSPS) is 12.3. The van der Waals surface area contributed by atoms with Crippen LogP contribution < -0.4 is 5.32 Å². The first kappa shape index (κ1) is 15.3. The molecule has 0 aliphatic carbocycles. The van der Waals surface area contributed by atoms with E-state index in [1.165, 1.54) is 5.56 Å². The summed E-state index contributed by atoms with van der Waals surface area (Å²) in [4.78, 5) is 17.5. The first-order valence-corrected chi connectivity index (χ1v) is 9.26. The highest BCUT2D eigenvalue weighted by Crippen LogP contribution is 2.24. The number of nitrogens with one attached hydrogen (secondary N) is 1. The molecule has 0 aromatic carbocycles. The number of thiophene rings is 1. The topological polar surface area (TPSA) is 67.8 Å². The van der Waals surface area contributed by atoms with E-state index in [1.807, 2.05) is 17.7 Å². The Morgan fingerprint density at radius 2 is 2.23 bits per heavy atom. The average molecular weight is 350 g/mol. The van der Waals surface area contributed by atoms with Gasteiger partial charge in [0, 0.05) is 17.5 Å². The maximum atomic E-state index is 12.4. The van der Waals surface area contributed by atoms with Gasteiger partial charge in [0.1, 0.15) is 9.88 Å². The zero-order valence-corrected chi connectivity index (χ0v) is 14.5. The number of amides is 1. The Labute approximate surface area is 140 Å². The molecule has 1 N–H and O–H groups in total. The van der Waals surface area contributed by atoms with Crippen molar-refractivity contribution in [2.24, 2.45) is 0 Å². The van der Waals surface area contributed by atoms with Gasteiger partial charge in [-0.05, 0) is 47.8 Å². The number of hydrogen-bond acceptors (Lipinski definition) is 7. The molecule has 0 saturated heterocycles. The first-order valence-electron chi connectivity index (χ1n) is 6.66. The molecule has 1 amide bonds. The highest BCUT2D eigenvalue weighted by atomic mass is 32.1. The molecular formula is C14H14N4OS3. The van der Waals surface area contributed by atoms with E-state index in [0.29, 0.717) is 10.6 Å². The van der Waals surface area contributed by atoms with Crippen molar-refractivity contribution in [2.75, 3.05) is 0 Å². The van der Waals surface area contributed by atoms with Crippen molar-refractivity contribution in [2.45, 2.75) is 26.3 Å². The number of hydrogen-bond donors (Lipinski definition) is 1. The number of carbonyl (C=O) groups excluding carboxylic acids is 1. The predicted molar refractivity (Wildman–Crippen MR) is 89.7 cm³/mol. The Balaban J connectivity index is 1.82. The van der Waals surface area contributed by atoms with Gasteiger partial charge in [-0.1, -0.05) is 4.49 Å². The van der Waals surface area contributed by atoms with Gasteiger partial charge in [0.05, 0.1) is 11.7 Å². The summed E-state index contributed by atoms with van der Waals surface area (Å²) in [6, 6.07) is 1.94. The third kappa shape index (κ3) is 3.40. The standard InChI is InChI=1S/C14H14N4OS3/c1-8-6-21-14(15-8)11(5-10-3-4-20-7-10)16-13(19)12-9(2)17-18-22-12/h3-4,6-7,11H,5H2,1-2H3,(H,16,19)/t11-/m1/s1. The van der Waals surface area contributed by atoms with Crippen LogP contribution in [0.1, 0.15) is 37.7 Å². The van der Waals surface area contributed by atoms with E-state index in [1.54, 1.807) is 29.6 Å². The molecule has 22 heavy (non-hydrogen) atoms. The van der Waals surface area contributed by atoms with Gasteiger partial charge in [-0.2, -0.15) is 11.3 Å². The molecule has 114 valence electrons. The molecule has 0 spiro atoms. The second-order valence-corrected chi connectivity index (χ2v) is 7.30. The van der Waals surface area contributed by atoms with Gasteiger partial charge in [-0.3, -0.25) is 4.79 Å². The highest BCUT2D eigenvalue weighted by molar-refractivity contribution is 7.09. The lowest BCUT2D eigenvalue weighted by Gasteiger charge is -2.15. The zero-order valence-electron chi connectivity index (χ0n) is 12.1. The van der Waals surface area contributed by atoms with Crippen LogP contribution in [0.5, 0.6) is 0 Å². The van der Waals surface area contributed by atoms with Crippen LogP contribution >= 0.6 is 34.2 Å². The van der Waals surface area contributed by atoms with E-state index >= 15 is 0 Å². The average Bonchev–Trinajstić information content (AvgIpc) is 3.20. The Hall–Kier alpha value is -1.64. The fourth-order valence-corrected chi connectivity index (χ4v) is 4.13. The van der Waals surface area contributed by atoms with Crippen LogP contribution in [-0.2, 0) is 6.42 Å². The highest BCUT2D eigenvalue weighted by Gasteiger charge is 2.22. The molecule has 0 aliphatic heterocycles. The number of rotatable bonds is 5. The molecule has 8 heteroatoms. The Bertz CT molecular complexity index is 763. The SMILES string of the molecule is Cc1csc([C@@H](Cc2ccsc2)NC(=O)c2snnc2C)n1. The Morgan fingerprint density at radius 1 is 1.36 bits per heavy atom. The molecule has 0 unspecified atom stereocenters. The van der Waals surface area contributed by atoms with Gasteiger partial charge in [0.15, 0.2) is 0 Å². The van der Waals surface area contributed by atoms with Crippen LogP contribution in [0.15, 0.2) is 22.2 Å². The van der Waals surface area contributed by atoms with Crippen LogP contribution in [0.2, 0.25) is 0 Å². The van der Waals surface area contributed by atoms with Gasteiger partial charge in [0.2, 0.25) is 0 Å². The summed E-state index contributed by atoms with van der Waals surface area (Å²) in [6.07, 6.45) is 0.730. The third-order valence-electron chi connectivity index (χ3n) is 3.12. The lowest BCUT2D eigenvalue weighted by molar-refractivity contribution is 0.0939. The summed E-state index contributed by atoms with van der Waals surface area (Å²) in [5, 5.41) is 14.0. The molecule has 0 fully saturated rings. The number of nitrogens with zero attached hydrogens (tertiary/aromatic N) is 3. The lowest BCUT2D eigenvalue weighted by atomic mass is 10.1. The number of aryl methyl sites for hydroxylation is 2. The Morgan fingerprint density at radius 3 is 2.82 bits per heavy atom. The molecule has 5 nitrogen and oxygen atoms in total. The first-order chi connectivity index (χ1) is 10.6. The van der Waals surface area contributed by atoms with Crippen molar-refractivity contribution < 1.29 is 4.79 Å². The third-order valence-corrected chi connectivity index (χ3v) is 5.75. The Kier molecular flexibility index (Phi) is 4.60. The van der Waals surface area contributed by atoms with E-state index < -0.39 is 0 Å². The lowest BCUT2D eigenvalue weighted by Crippen LogP contribution is -2.29. The maximum Gasteiger partial charge on any atom is 0.265 e. The van der Waals surface area contributed by atoms with Crippen LogP contribution in [-0.4, -0.2) is 20.5 Å². The molecular weight excluding hydrogens is 336 g/mol. The van der Waals surface area contributed by atoms with Crippen molar-refractivity contribution in [3.63, 3.8) is 0 Å². The number of aromatic nitrogens is 3. The second-order valence-electron chi connectivity index (χ2n) is 4.88. The molecule has 3 aromatic heterocycles. The molecule has 0 radical (unpaired) electrons. The van der Waals surface area contributed by atoms with Gasteiger partial charge in [0.25, 0.3) is 5.91 Å². The summed E-state index contributed by atoms with van der Waals surface area (Å²) in [5.41, 5.74) is 2.83. The summed E-state index contributed by atoms with van der Waals surface area (Å²) in [6.45, 7) is 3.75. The second kappa shape index (κ2) is 6.64. The summed E-state index contributed by atoms with van der Waals surface area (Å²) in [7, 11) is 0. The molecule has 0 aliphatic rings. The van der Waals surface area contributed by atoms with Crippen LogP contribution in [0.4, 0.5) is 0 Å². The monoisotopic (exact) mass is 350 g/mol. The van der Waals surface area contributed by atoms with E-state index in [4.69, 9.17) is 0 Å². The molecule has 3 aromatic rings. The van der Waals surface area contributed by atoms with E-state index in [2.05, 4.69) is 31.3 Å². The van der Waals surface area contributed by atoms with Crippen molar-refractivity contribution in [3.05, 3.63) is 49.0 Å². The fraction of sp³-hybridized carbons (Fsp3) is 0.286. The minimum absolute atomic E-state index is 0.137. The summed E-state index contributed by atoms with van der Waals surface area (Å²) < 4.78 is 3.82. The predicted octanol–water partition coefficient (Wildman–Crippen LogP) is 3.39. The minimum Gasteiger partial charge on any atom is -0.342 e. The van der Waals surface area contributed by atoms with Crippen LogP contribution in [0.3, 0.4) is 0 Å². The zero-order chi connectivity index (χ0) is 15.5.